The Labute approximate surface area is 87.8 Å². The number of hydrogen-bond donors (Lipinski definition) is 1. The normalized spacial score (nSPS) is 26.1. The number of benzene rings is 1. The molecule has 0 radical (unpaired) electrons. The average Bonchev–Trinajstić information content (AvgIpc) is 2.18. The van der Waals surface area contributed by atoms with E-state index < -0.39 is 5.54 Å². The van der Waals surface area contributed by atoms with Crippen molar-refractivity contribution in [3.63, 3.8) is 0 Å². The fourth-order valence-electron chi connectivity index (χ4n) is 1.69. The topological polar surface area (TPSA) is 47.6 Å². The lowest BCUT2D eigenvalue weighted by Gasteiger charge is -2.29. The zero-order chi connectivity index (χ0) is 10.9. The first-order valence-corrected chi connectivity index (χ1v) is 4.78. The van der Waals surface area contributed by atoms with Crippen LogP contribution in [0.1, 0.15) is 12.5 Å². The first kappa shape index (κ1) is 10.1. The van der Waals surface area contributed by atoms with Gasteiger partial charge in [-0.25, -0.2) is 4.39 Å². The van der Waals surface area contributed by atoms with E-state index in [0.717, 1.165) is 5.56 Å². The van der Waals surface area contributed by atoms with Crippen molar-refractivity contribution in [3.8, 4) is 0 Å². The van der Waals surface area contributed by atoms with Crippen molar-refractivity contribution in [2.24, 2.45) is 10.7 Å². The van der Waals surface area contributed by atoms with Gasteiger partial charge in [0.2, 0.25) is 0 Å². The molecule has 3 nitrogen and oxygen atoms in total. The molecule has 0 amide bonds. The summed E-state index contributed by atoms with van der Waals surface area (Å²) in [6.07, 6.45) is 0. The summed E-state index contributed by atoms with van der Waals surface area (Å²) in [6.45, 7) is 2.77. The fraction of sp³-hybridized carbons (Fsp3) is 0.364. The monoisotopic (exact) mass is 208 g/mol. The number of halogens is 1. The van der Waals surface area contributed by atoms with E-state index in [1.807, 2.05) is 6.92 Å². The number of amidine groups is 1. The van der Waals surface area contributed by atoms with Crippen LogP contribution in [0.4, 0.5) is 4.39 Å². The van der Waals surface area contributed by atoms with Gasteiger partial charge in [-0.3, -0.25) is 4.99 Å². The molecule has 0 fully saturated rings. The number of rotatable bonds is 1. The van der Waals surface area contributed by atoms with Gasteiger partial charge in [0.1, 0.15) is 23.8 Å². The molecule has 1 aliphatic rings. The molecule has 4 heteroatoms. The van der Waals surface area contributed by atoms with Crippen molar-refractivity contribution < 1.29 is 9.13 Å². The van der Waals surface area contributed by atoms with Crippen LogP contribution < -0.4 is 5.73 Å². The number of ether oxygens (including phenoxy) is 1. The molecule has 0 spiro atoms. The molecule has 0 saturated carbocycles. The third kappa shape index (κ3) is 1.99. The average molecular weight is 208 g/mol. The van der Waals surface area contributed by atoms with Crippen LogP contribution in [0.25, 0.3) is 0 Å². The second-order valence-corrected chi connectivity index (χ2v) is 3.88. The van der Waals surface area contributed by atoms with Crippen molar-refractivity contribution in [2.45, 2.75) is 12.5 Å². The van der Waals surface area contributed by atoms with Crippen molar-refractivity contribution >= 4 is 5.84 Å². The summed E-state index contributed by atoms with van der Waals surface area (Å²) in [5, 5.41) is 0. The van der Waals surface area contributed by atoms with E-state index in [1.54, 1.807) is 12.1 Å². The second-order valence-electron chi connectivity index (χ2n) is 3.88. The second kappa shape index (κ2) is 3.62. The maximum absolute atomic E-state index is 12.8. The molecule has 2 rings (SSSR count). The number of nitrogens with two attached hydrogens (primary N) is 1. The van der Waals surface area contributed by atoms with Gasteiger partial charge < -0.3 is 10.5 Å². The molecule has 0 aromatic heterocycles. The summed E-state index contributed by atoms with van der Waals surface area (Å²) < 4.78 is 18.1. The minimum Gasteiger partial charge on any atom is -0.386 e. The van der Waals surface area contributed by atoms with Crippen LogP contribution in [0.3, 0.4) is 0 Å². The number of hydrogen-bond acceptors (Lipinski definition) is 3. The Hall–Kier alpha value is -1.42. The minimum absolute atomic E-state index is 0.254. The molecule has 80 valence electrons. The third-order valence-corrected chi connectivity index (χ3v) is 2.49. The van der Waals surface area contributed by atoms with Crippen molar-refractivity contribution in [3.05, 3.63) is 35.6 Å². The summed E-state index contributed by atoms with van der Waals surface area (Å²) in [4.78, 5) is 4.36. The molecular formula is C11H13FN2O. The Morgan fingerprint density at radius 1 is 1.40 bits per heavy atom. The molecule has 15 heavy (non-hydrogen) atoms. The predicted octanol–water partition coefficient (Wildman–Crippen LogP) is 1.43. The molecule has 1 unspecified atom stereocenters. The summed E-state index contributed by atoms with van der Waals surface area (Å²) in [5.41, 5.74) is 6.05. The Kier molecular flexibility index (Phi) is 2.44. The van der Waals surface area contributed by atoms with Gasteiger partial charge in [0.25, 0.3) is 0 Å². The first-order chi connectivity index (χ1) is 7.10. The Morgan fingerprint density at radius 2 is 2.07 bits per heavy atom. The van der Waals surface area contributed by atoms with E-state index in [9.17, 15) is 4.39 Å². The quantitative estimate of drug-likeness (QED) is 0.758. The van der Waals surface area contributed by atoms with Gasteiger partial charge in [-0.05, 0) is 24.6 Å². The molecule has 1 atom stereocenters. The van der Waals surface area contributed by atoms with Crippen LogP contribution in [0.15, 0.2) is 29.3 Å². The van der Waals surface area contributed by atoms with Crippen molar-refractivity contribution in [1.82, 2.24) is 0 Å². The number of aliphatic imine (C=N–C) groups is 1. The molecule has 2 N–H and O–H groups in total. The fourth-order valence-corrected chi connectivity index (χ4v) is 1.69. The summed E-state index contributed by atoms with van der Waals surface area (Å²) in [5.74, 6) is 0.226. The van der Waals surface area contributed by atoms with E-state index >= 15 is 0 Å². The molecular weight excluding hydrogens is 195 g/mol. The van der Waals surface area contributed by atoms with Gasteiger partial charge >= 0.3 is 0 Å². The molecule has 1 aromatic carbocycles. The van der Waals surface area contributed by atoms with Gasteiger partial charge in [-0.2, -0.15) is 0 Å². The van der Waals surface area contributed by atoms with Gasteiger partial charge in [0.05, 0.1) is 6.61 Å². The van der Waals surface area contributed by atoms with Crippen LogP contribution in [-0.4, -0.2) is 19.0 Å². The Bertz CT molecular complexity index is 388. The van der Waals surface area contributed by atoms with Crippen molar-refractivity contribution in [1.29, 1.82) is 0 Å². The SMILES string of the molecule is CC1(c2ccc(F)cc2)COCC(N)=N1. The Morgan fingerprint density at radius 3 is 2.67 bits per heavy atom. The molecule has 0 bridgehead atoms. The minimum atomic E-state index is -0.490. The molecule has 1 heterocycles. The highest BCUT2D eigenvalue weighted by Crippen LogP contribution is 2.28. The van der Waals surface area contributed by atoms with E-state index in [4.69, 9.17) is 10.5 Å². The van der Waals surface area contributed by atoms with E-state index in [1.165, 1.54) is 12.1 Å². The van der Waals surface area contributed by atoms with E-state index in [0.29, 0.717) is 19.0 Å². The maximum Gasteiger partial charge on any atom is 0.123 e. The number of nitrogens with zero attached hydrogens (tertiary/aromatic N) is 1. The van der Waals surface area contributed by atoms with Gasteiger partial charge in [-0.15, -0.1) is 0 Å². The van der Waals surface area contributed by atoms with Gasteiger partial charge in [0, 0.05) is 0 Å². The molecule has 0 aliphatic carbocycles. The van der Waals surface area contributed by atoms with Crippen LogP contribution in [0.2, 0.25) is 0 Å². The summed E-state index contributed by atoms with van der Waals surface area (Å²) in [6, 6.07) is 6.25. The summed E-state index contributed by atoms with van der Waals surface area (Å²) >= 11 is 0. The van der Waals surface area contributed by atoms with Crippen LogP contribution >= 0.6 is 0 Å². The molecule has 1 aromatic rings. The van der Waals surface area contributed by atoms with Gasteiger partial charge in [-0.1, -0.05) is 12.1 Å². The first-order valence-electron chi connectivity index (χ1n) is 4.78. The standard InChI is InChI=1S/C11H13FN2O/c1-11(7-15-6-10(13)14-11)8-2-4-9(12)5-3-8/h2-5H,6-7H2,1H3,(H2,13,14). The highest BCUT2D eigenvalue weighted by atomic mass is 19.1. The Balaban J connectivity index is 2.36. The smallest absolute Gasteiger partial charge is 0.123 e. The summed E-state index contributed by atoms with van der Waals surface area (Å²) in [7, 11) is 0. The maximum atomic E-state index is 12.8. The van der Waals surface area contributed by atoms with Crippen molar-refractivity contribution in [2.75, 3.05) is 13.2 Å². The largest absolute Gasteiger partial charge is 0.386 e. The third-order valence-electron chi connectivity index (χ3n) is 2.49. The highest BCUT2D eigenvalue weighted by molar-refractivity contribution is 5.82. The lowest BCUT2D eigenvalue weighted by molar-refractivity contribution is 0.106. The van der Waals surface area contributed by atoms with Crippen LogP contribution in [-0.2, 0) is 10.3 Å². The zero-order valence-electron chi connectivity index (χ0n) is 8.53. The molecule has 0 saturated heterocycles. The van der Waals surface area contributed by atoms with E-state index in [-0.39, 0.29) is 5.82 Å². The highest BCUT2D eigenvalue weighted by Gasteiger charge is 2.29. The van der Waals surface area contributed by atoms with Gasteiger partial charge in [0.15, 0.2) is 0 Å². The van der Waals surface area contributed by atoms with E-state index in [2.05, 4.69) is 4.99 Å². The van der Waals surface area contributed by atoms with Crippen LogP contribution in [0, 0.1) is 5.82 Å². The molecule has 1 aliphatic heterocycles. The lowest BCUT2D eigenvalue weighted by atomic mass is 9.93. The zero-order valence-corrected chi connectivity index (χ0v) is 8.53. The van der Waals surface area contributed by atoms with Crippen LogP contribution in [0.5, 0.6) is 0 Å². The predicted molar refractivity (Wildman–Crippen MR) is 56.2 cm³/mol. The lowest BCUT2D eigenvalue weighted by Crippen LogP contribution is -2.37.